The van der Waals surface area contributed by atoms with E-state index >= 15 is 0 Å². The topological polar surface area (TPSA) is 114 Å². The number of imidazole rings is 1. The van der Waals surface area contributed by atoms with Crippen molar-refractivity contribution < 1.29 is 27.9 Å². The van der Waals surface area contributed by atoms with E-state index in [0.717, 1.165) is 37.3 Å². The largest absolute Gasteiger partial charge is 0.490 e. The molecule has 0 atom stereocenters. The number of amides is 1. The van der Waals surface area contributed by atoms with Crippen LogP contribution in [-0.2, 0) is 4.79 Å². The van der Waals surface area contributed by atoms with E-state index in [4.69, 9.17) is 9.90 Å². The first-order chi connectivity index (χ1) is 14.2. The Kier molecular flexibility index (Phi) is 6.35. The third-order valence-electron chi connectivity index (χ3n) is 4.44. The number of carbonyl (C=O) groups excluding carboxylic acids is 1. The Hall–Kier alpha value is -3.41. The van der Waals surface area contributed by atoms with Crippen LogP contribution in [0.5, 0.6) is 0 Å². The van der Waals surface area contributed by atoms with Crippen molar-refractivity contribution in [1.82, 2.24) is 24.5 Å². The number of pyridine rings is 1. The number of nitrogens with zero attached hydrogens (tertiary/aromatic N) is 4. The number of piperidine rings is 1. The van der Waals surface area contributed by atoms with Gasteiger partial charge in [-0.3, -0.25) is 9.48 Å². The summed E-state index contributed by atoms with van der Waals surface area (Å²) in [5, 5.41) is 17.8. The Bertz CT molecular complexity index is 1020. The van der Waals surface area contributed by atoms with Crippen LogP contribution in [0.1, 0.15) is 29.2 Å². The minimum absolute atomic E-state index is 0.148. The number of fused-ring (bicyclic) bond motifs is 1. The zero-order chi connectivity index (χ0) is 21.7. The SMILES string of the molecule is O=C(Nc1cnn(C2CCNCC2)c1)c1ccc2nccn2c1.O=C(O)C(F)(F)F. The summed E-state index contributed by atoms with van der Waals surface area (Å²) < 4.78 is 35.5. The van der Waals surface area contributed by atoms with E-state index in [9.17, 15) is 18.0 Å². The Morgan fingerprint density at radius 2 is 1.90 bits per heavy atom. The predicted octanol–water partition coefficient (Wildman–Crippen LogP) is 2.34. The Morgan fingerprint density at radius 1 is 1.20 bits per heavy atom. The number of hydrogen-bond acceptors (Lipinski definition) is 5. The fourth-order valence-corrected chi connectivity index (χ4v) is 2.93. The standard InChI is InChI=1S/C16H18N6O.C2HF3O2/c23-16(12-1-2-15-18-7-8-21(15)10-12)20-13-9-19-22(11-13)14-3-5-17-6-4-14;3-2(4,5)1(6)7/h1-2,7-11,14,17H,3-6H2,(H,20,23);(H,6,7). The van der Waals surface area contributed by atoms with Gasteiger partial charge in [0.25, 0.3) is 5.91 Å². The molecule has 0 aromatic carbocycles. The van der Waals surface area contributed by atoms with Crippen molar-refractivity contribution in [1.29, 1.82) is 0 Å². The highest BCUT2D eigenvalue weighted by Gasteiger charge is 2.38. The van der Waals surface area contributed by atoms with Crippen LogP contribution in [-0.4, -0.2) is 55.4 Å². The number of carboxylic acid groups (broad SMARTS) is 1. The molecule has 0 bridgehead atoms. The molecule has 1 saturated heterocycles. The molecule has 9 nitrogen and oxygen atoms in total. The van der Waals surface area contributed by atoms with Crippen LogP contribution in [0, 0.1) is 0 Å². The lowest BCUT2D eigenvalue weighted by atomic mass is 10.1. The molecule has 160 valence electrons. The van der Waals surface area contributed by atoms with E-state index in [1.807, 2.05) is 27.5 Å². The lowest BCUT2D eigenvalue weighted by Gasteiger charge is -2.22. The molecule has 4 heterocycles. The minimum Gasteiger partial charge on any atom is -0.475 e. The Balaban J connectivity index is 0.000000318. The second-order valence-corrected chi connectivity index (χ2v) is 6.56. The van der Waals surface area contributed by atoms with Crippen LogP contribution in [0.25, 0.3) is 5.65 Å². The molecule has 3 aromatic heterocycles. The summed E-state index contributed by atoms with van der Waals surface area (Å²) in [5.41, 5.74) is 2.13. The molecule has 4 rings (SSSR count). The van der Waals surface area contributed by atoms with Crippen LogP contribution in [0.2, 0.25) is 0 Å². The number of hydrogen-bond donors (Lipinski definition) is 3. The van der Waals surface area contributed by atoms with E-state index in [2.05, 4.69) is 20.7 Å². The Morgan fingerprint density at radius 3 is 2.57 bits per heavy atom. The smallest absolute Gasteiger partial charge is 0.475 e. The summed E-state index contributed by atoms with van der Waals surface area (Å²) in [6.07, 6.45) is 5.95. The van der Waals surface area contributed by atoms with E-state index in [1.165, 1.54) is 0 Å². The van der Waals surface area contributed by atoms with E-state index in [1.54, 1.807) is 24.7 Å². The molecular weight excluding hydrogens is 405 g/mol. The van der Waals surface area contributed by atoms with Crippen LogP contribution >= 0.6 is 0 Å². The quantitative estimate of drug-likeness (QED) is 0.595. The number of halogens is 3. The van der Waals surface area contributed by atoms with Crippen molar-refractivity contribution in [3.8, 4) is 0 Å². The summed E-state index contributed by atoms with van der Waals surface area (Å²) in [5.74, 6) is -2.90. The first-order valence-corrected chi connectivity index (χ1v) is 9.03. The third-order valence-corrected chi connectivity index (χ3v) is 4.44. The van der Waals surface area contributed by atoms with Crippen LogP contribution in [0.15, 0.2) is 43.1 Å². The minimum atomic E-state index is -5.08. The summed E-state index contributed by atoms with van der Waals surface area (Å²) in [4.78, 5) is 25.4. The van der Waals surface area contributed by atoms with Gasteiger partial charge in [-0.15, -0.1) is 0 Å². The van der Waals surface area contributed by atoms with Crippen molar-refractivity contribution in [3.63, 3.8) is 0 Å². The lowest BCUT2D eigenvalue weighted by Crippen LogP contribution is -2.29. The predicted molar refractivity (Wildman–Crippen MR) is 100 cm³/mol. The number of nitrogens with one attached hydrogen (secondary N) is 2. The van der Waals surface area contributed by atoms with Gasteiger partial charge in [-0.05, 0) is 38.1 Å². The van der Waals surface area contributed by atoms with Gasteiger partial charge in [0.1, 0.15) is 5.65 Å². The van der Waals surface area contributed by atoms with Crippen LogP contribution in [0.3, 0.4) is 0 Å². The normalized spacial score (nSPS) is 14.8. The molecule has 30 heavy (non-hydrogen) atoms. The zero-order valence-corrected chi connectivity index (χ0v) is 15.6. The Labute approximate surface area is 168 Å². The summed E-state index contributed by atoms with van der Waals surface area (Å²) in [6, 6.07) is 4.01. The average molecular weight is 424 g/mol. The first kappa shape index (κ1) is 21.3. The lowest BCUT2D eigenvalue weighted by molar-refractivity contribution is -0.192. The number of carbonyl (C=O) groups is 2. The second kappa shape index (κ2) is 8.95. The molecule has 3 N–H and O–H groups in total. The van der Waals surface area contributed by atoms with Crippen molar-refractivity contribution in [2.45, 2.75) is 25.1 Å². The highest BCUT2D eigenvalue weighted by Crippen LogP contribution is 2.20. The fraction of sp³-hybridized carbons (Fsp3) is 0.333. The molecule has 0 spiro atoms. The maximum Gasteiger partial charge on any atom is 0.490 e. The van der Waals surface area contributed by atoms with E-state index in [-0.39, 0.29) is 5.91 Å². The molecule has 0 unspecified atom stereocenters. The molecule has 12 heteroatoms. The van der Waals surface area contributed by atoms with Gasteiger partial charge in [0.05, 0.1) is 23.5 Å². The highest BCUT2D eigenvalue weighted by atomic mass is 19.4. The van der Waals surface area contributed by atoms with Gasteiger partial charge in [-0.2, -0.15) is 18.3 Å². The number of rotatable bonds is 3. The number of anilines is 1. The fourth-order valence-electron chi connectivity index (χ4n) is 2.93. The highest BCUT2D eigenvalue weighted by molar-refractivity contribution is 6.04. The summed E-state index contributed by atoms with van der Waals surface area (Å²) in [7, 11) is 0. The molecule has 3 aromatic rings. The monoisotopic (exact) mass is 424 g/mol. The van der Waals surface area contributed by atoms with Gasteiger partial charge in [-0.25, -0.2) is 9.78 Å². The third kappa shape index (κ3) is 5.35. The van der Waals surface area contributed by atoms with Crippen molar-refractivity contribution in [2.24, 2.45) is 0 Å². The molecule has 1 fully saturated rings. The zero-order valence-electron chi connectivity index (χ0n) is 15.6. The molecule has 1 aliphatic rings. The number of aromatic nitrogens is 4. The molecule has 1 amide bonds. The first-order valence-electron chi connectivity index (χ1n) is 9.03. The van der Waals surface area contributed by atoms with Gasteiger partial charge in [0, 0.05) is 24.8 Å². The van der Waals surface area contributed by atoms with Gasteiger partial charge in [-0.1, -0.05) is 0 Å². The van der Waals surface area contributed by atoms with Crippen LogP contribution in [0.4, 0.5) is 18.9 Å². The van der Waals surface area contributed by atoms with E-state index < -0.39 is 12.1 Å². The summed E-state index contributed by atoms with van der Waals surface area (Å²) in [6.45, 7) is 2.02. The van der Waals surface area contributed by atoms with Crippen molar-refractivity contribution in [3.05, 3.63) is 48.7 Å². The second-order valence-electron chi connectivity index (χ2n) is 6.56. The molecule has 1 aliphatic heterocycles. The molecule has 0 aliphatic carbocycles. The molecule has 0 radical (unpaired) electrons. The van der Waals surface area contributed by atoms with Gasteiger partial charge >= 0.3 is 12.1 Å². The van der Waals surface area contributed by atoms with E-state index in [0.29, 0.717) is 11.6 Å². The summed E-state index contributed by atoms with van der Waals surface area (Å²) >= 11 is 0. The van der Waals surface area contributed by atoms with Crippen LogP contribution < -0.4 is 10.6 Å². The van der Waals surface area contributed by atoms with Gasteiger partial charge < -0.3 is 20.1 Å². The maximum atomic E-state index is 12.4. The van der Waals surface area contributed by atoms with Gasteiger partial charge in [0.2, 0.25) is 0 Å². The van der Waals surface area contributed by atoms with Crippen molar-refractivity contribution >= 4 is 23.2 Å². The number of alkyl halides is 3. The molecule has 0 saturated carbocycles. The number of carboxylic acids is 1. The number of aliphatic carboxylic acids is 1. The van der Waals surface area contributed by atoms with Crippen molar-refractivity contribution in [2.75, 3.05) is 18.4 Å². The maximum absolute atomic E-state index is 12.4. The average Bonchev–Trinajstić information content (AvgIpc) is 3.37. The molecular formula is C18H19F3N6O3. The van der Waals surface area contributed by atoms with Gasteiger partial charge in [0.15, 0.2) is 0 Å².